The van der Waals surface area contributed by atoms with Gasteiger partial charge < -0.3 is 10.6 Å². The lowest BCUT2D eigenvalue weighted by Gasteiger charge is -2.35. The number of nitriles is 1. The number of hydrogen-bond donors (Lipinski definition) is 1. The van der Waals surface area contributed by atoms with Crippen LogP contribution in [0.4, 0.5) is 4.39 Å². The van der Waals surface area contributed by atoms with Crippen molar-refractivity contribution < 1.29 is 14.0 Å². The van der Waals surface area contributed by atoms with E-state index in [2.05, 4.69) is 0 Å². The summed E-state index contributed by atoms with van der Waals surface area (Å²) >= 11 is 0. The smallest absolute Gasteiger partial charge is 0.254 e. The third kappa shape index (κ3) is 4.14. The fraction of sp³-hybridized carbons (Fsp3) is 0.286. The average Bonchev–Trinajstić information content (AvgIpc) is 2.68. The number of rotatable bonds is 4. The first-order valence-electron chi connectivity index (χ1n) is 8.89. The molecule has 3 rings (SSSR count). The second-order valence-corrected chi connectivity index (χ2v) is 6.71. The molecule has 6 heteroatoms. The van der Waals surface area contributed by atoms with E-state index in [4.69, 9.17) is 11.0 Å². The van der Waals surface area contributed by atoms with Crippen molar-refractivity contribution in [3.63, 3.8) is 0 Å². The number of piperidine rings is 1. The minimum Gasteiger partial charge on any atom is -0.370 e. The van der Waals surface area contributed by atoms with Crippen LogP contribution in [0.5, 0.6) is 0 Å². The summed E-state index contributed by atoms with van der Waals surface area (Å²) in [4.78, 5) is 26.1. The van der Waals surface area contributed by atoms with Gasteiger partial charge in [0, 0.05) is 24.6 Å². The Morgan fingerprint density at radius 2 is 1.96 bits per heavy atom. The molecule has 0 aromatic heterocycles. The molecule has 1 saturated heterocycles. The van der Waals surface area contributed by atoms with Gasteiger partial charge in [0.05, 0.1) is 5.56 Å². The van der Waals surface area contributed by atoms with Crippen molar-refractivity contribution >= 4 is 11.8 Å². The summed E-state index contributed by atoms with van der Waals surface area (Å²) in [6.07, 6.45) is 2.78. The fourth-order valence-electron chi connectivity index (χ4n) is 3.50. The molecule has 0 aliphatic carbocycles. The molecule has 0 spiro atoms. The van der Waals surface area contributed by atoms with Crippen molar-refractivity contribution in [1.82, 2.24) is 4.90 Å². The summed E-state index contributed by atoms with van der Waals surface area (Å²) in [6, 6.07) is 13.0. The Balaban J connectivity index is 1.89. The van der Waals surface area contributed by atoms with Crippen molar-refractivity contribution in [2.75, 3.05) is 6.54 Å². The highest BCUT2D eigenvalue weighted by atomic mass is 19.1. The average molecular weight is 365 g/mol. The first-order valence-corrected chi connectivity index (χ1v) is 8.89. The molecule has 0 bridgehead atoms. The highest BCUT2D eigenvalue weighted by Crippen LogP contribution is 2.26. The molecular formula is C21H20FN3O2. The minimum atomic E-state index is -0.573. The molecule has 0 radical (unpaired) electrons. The third-order valence-corrected chi connectivity index (χ3v) is 4.85. The lowest BCUT2D eigenvalue weighted by Crippen LogP contribution is -2.45. The fourth-order valence-corrected chi connectivity index (χ4v) is 3.50. The molecule has 2 N–H and O–H groups in total. The highest BCUT2D eigenvalue weighted by molar-refractivity contribution is 5.96. The van der Waals surface area contributed by atoms with Gasteiger partial charge in [0.15, 0.2) is 0 Å². The second kappa shape index (κ2) is 8.00. The van der Waals surface area contributed by atoms with E-state index in [0.29, 0.717) is 17.7 Å². The number of carbonyl (C=O) groups excluding carboxylic acids is 2. The Morgan fingerprint density at radius 1 is 1.19 bits per heavy atom. The second-order valence-electron chi connectivity index (χ2n) is 6.71. The Labute approximate surface area is 157 Å². The standard InChI is InChI=1S/C21H20FN3O2/c22-19-8-7-15(11-17(19)13-23)14-4-3-5-16(10-14)21(27)25-9-2-1-6-18(25)12-20(24)26/h3-5,7-8,10-11,18H,1-2,6,9,12H2,(H2,24,26)/t18-/m1/s1. The molecule has 138 valence electrons. The van der Waals surface area contributed by atoms with Crippen LogP contribution in [0.15, 0.2) is 42.5 Å². The van der Waals surface area contributed by atoms with E-state index >= 15 is 0 Å². The van der Waals surface area contributed by atoms with Gasteiger partial charge in [-0.15, -0.1) is 0 Å². The van der Waals surface area contributed by atoms with E-state index < -0.39 is 11.7 Å². The van der Waals surface area contributed by atoms with Crippen LogP contribution in [0.1, 0.15) is 41.6 Å². The van der Waals surface area contributed by atoms with Gasteiger partial charge in [0.25, 0.3) is 5.91 Å². The molecule has 0 saturated carbocycles. The molecule has 2 aromatic rings. The van der Waals surface area contributed by atoms with Crippen LogP contribution in [0.25, 0.3) is 11.1 Å². The topological polar surface area (TPSA) is 87.2 Å². The Bertz CT molecular complexity index is 920. The number of halogens is 1. The summed E-state index contributed by atoms with van der Waals surface area (Å²) in [6.45, 7) is 0.593. The van der Waals surface area contributed by atoms with E-state index in [1.165, 1.54) is 12.1 Å². The number of nitrogens with two attached hydrogens (primary N) is 1. The summed E-state index contributed by atoms with van der Waals surface area (Å²) in [5, 5.41) is 9.02. The normalized spacial score (nSPS) is 16.6. The number of likely N-dealkylation sites (tertiary alicyclic amines) is 1. The van der Waals surface area contributed by atoms with E-state index in [1.807, 2.05) is 12.1 Å². The summed E-state index contributed by atoms with van der Waals surface area (Å²) < 4.78 is 13.6. The molecule has 1 aliphatic rings. The molecule has 0 unspecified atom stereocenters. The lowest BCUT2D eigenvalue weighted by atomic mass is 9.96. The minimum absolute atomic E-state index is 0.0400. The van der Waals surface area contributed by atoms with Gasteiger partial charge in [-0.1, -0.05) is 18.2 Å². The van der Waals surface area contributed by atoms with E-state index in [1.54, 1.807) is 29.2 Å². The van der Waals surface area contributed by atoms with Crippen molar-refractivity contribution in [3.8, 4) is 17.2 Å². The van der Waals surface area contributed by atoms with Gasteiger partial charge in [-0.25, -0.2) is 4.39 Å². The van der Waals surface area contributed by atoms with Crippen molar-refractivity contribution in [2.24, 2.45) is 5.73 Å². The van der Waals surface area contributed by atoms with Gasteiger partial charge >= 0.3 is 0 Å². The van der Waals surface area contributed by atoms with E-state index in [0.717, 1.165) is 24.8 Å². The molecular weight excluding hydrogens is 345 g/mol. The SMILES string of the molecule is N#Cc1cc(-c2cccc(C(=O)N3CCCC[C@@H]3CC(N)=O)c2)ccc1F. The van der Waals surface area contributed by atoms with Gasteiger partial charge in [-0.05, 0) is 54.7 Å². The van der Waals surface area contributed by atoms with Crippen molar-refractivity contribution in [3.05, 3.63) is 59.4 Å². The largest absolute Gasteiger partial charge is 0.370 e. The molecule has 1 aliphatic heterocycles. The molecule has 2 aromatic carbocycles. The number of primary amides is 1. The number of carbonyl (C=O) groups is 2. The van der Waals surface area contributed by atoms with Crippen LogP contribution < -0.4 is 5.73 Å². The molecule has 2 amide bonds. The van der Waals surface area contributed by atoms with Crippen LogP contribution in [-0.4, -0.2) is 29.3 Å². The quantitative estimate of drug-likeness (QED) is 0.902. The number of hydrogen-bond acceptors (Lipinski definition) is 3. The zero-order chi connectivity index (χ0) is 19.4. The molecule has 27 heavy (non-hydrogen) atoms. The first kappa shape index (κ1) is 18.6. The maximum atomic E-state index is 13.6. The zero-order valence-corrected chi connectivity index (χ0v) is 14.8. The Morgan fingerprint density at radius 3 is 2.70 bits per heavy atom. The number of nitrogens with zero attached hydrogens (tertiary/aromatic N) is 2. The van der Waals surface area contributed by atoms with Gasteiger partial charge in [-0.3, -0.25) is 9.59 Å². The first-order chi connectivity index (χ1) is 13.0. The molecule has 5 nitrogen and oxygen atoms in total. The van der Waals surface area contributed by atoms with E-state index in [-0.39, 0.29) is 23.9 Å². The summed E-state index contributed by atoms with van der Waals surface area (Å²) in [7, 11) is 0. The predicted molar refractivity (Wildman–Crippen MR) is 99.0 cm³/mol. The van der Waals surface area contributed by atoms with Crippen LogP contribution in [0.3, 0.4) is 0 Å². The summed E-state index contributed by atoms with van der Waals surface area (Å²) in [5.74, 6) is -1.13. The summed E-state index contributed by atoms with van der Waals surface area (Å²) in [5.41, 5.74) is 7.17. The third-order valence-electron chi connectivity index (χ3n) is 4.85. The van der Waals surface area contributed by atoms with Crippen molar-refractivity contribution in [1.29, 1.82) is 5.26 Å². The van der Waals surface area contributed by atoms with Crippen LogP contribution in [0.2, 0.25) is 0 Å². The van der Waals surface area contributed by atoms with Gasteiger partial charge in [0.1, 0.15) is 11.9 Å². The number of amides is 2. The molecule has 1 heterocycles. The van der Waals surface area contributed by atoms with Crippen molar-refractivity contribution in [2.45, 2.75) is 31.7 Å². The van der Waals surface area contributed by atoms with Gasteiger partial charge in [-0.2, -0.15) is 5.26 Å². The highest BCUT2D eigenvalue weighted by Gasteiger charge is 2.28. The van der Waals surface area contributed by atoms with Crippen LogP contribution >= 0.6 is 0 Å². The number of benzene rings is 2. The maximum Gasteiger partial charge on any atom is 0.254 e. The van der Waals surface area contributed by atoms with Crippen LogP contribution in [-0.2, 0) is 4.79 Å². The Kier molecular flexibility index (Phi) is 5.51. The predicted octanol–water partition coefficient (Wildman–Crippen LogP) is 3.23. The monoisotopic (exact) mass is 365 g/mol. The van der Waals surface area contributed by atoms with Gasteiger partial charge in [0.2, 0.25) is 5.91 Å². The maximum absolute atomic E-state index is 13.6. The zero-order valence-electron chi connectivity index (χ0n) is 14.8. The lowest BCUT2D eigenvalue weighted by molar-refractivity contribution is -0.119. The molecule has 1 atom stereocenters. The van der Waals surface area contributed by atoms with Crippen LogP contribution in [0, 0.1) is 17.1 Å². The Hall–Kier alpha value is -3.20. The molecule has 1 fully saturated rings. The van der Waals surface area contributed by atoms with E-state index in [9.17, 15) is 14.0 Å².